The second kappa shape index (κ2) is 6.42. The third kappa shape index (κ3) is 5.06. The van der Waals surface area contributed by atoms with Crippen molar-refractivity contribution in [3.8, 4) is 0 Å². The second-order valence-electron chi connectivity index (χ2n) is 4.22. The minimum absolute atomic E-state index is 0.140. The Morgan fingerprint density at radius 3 is 2.88 bits per heavy atom. The number of nitrogens with zero attached hydrogens (tertiary/aromatic N) is 2. The summed E-state index contributed by atoms with van der Waals surface area (Å²) < 4.78 is 0. The number of aromatic nitrogens is 2. The molecule has 0 saturated heterocycles. The molecule has 6 heteroatoms. The minimum atomic E-state index is -0.746. The van der Waals surface area contributed by atoms with Crippen LogP contribution in [0.3, 0.4) is 0 Å². The minimum Gasteiger partial charge on any atom is -0.481 e. The van der Waals surface area contributed by atoms with Crippen molar-refractivity contribution in [1.82, 2.24) is 10.2 Å². The molecule has 1 heterocycles. The fraction of sp³-hybridized carbons (Fsp3) is 0.700. The Labute approximate surface area is 98.9 Å². The first-order chi connectivity index (χ1) is 7.58. The Bertz CT molecular complexity index is 314. The summed E-state index contributed by atoms with van der Waals surface area (Å²) >= 11 is 1.42. The molecule has 0 aliphatic carbocycles. The first-order valence-electron chi connectivity index (χ1n) is 5.29. The first kappa shape index (κ1) is 12.9. The predicted molar refractivity (Wildman–Crippen MR) is 63.6 cm³/mol. The zero-order chi connectivity index (χ0) is 12.0. The molecule has 0 aromatic carbocycles. The number of hydrogen-bond acceptors (Lipinski definition) is 5. The summed E-state index contributed by atoms with van der Waals surface area (Å²) in [6, 6.07) is 0. The van der Waals surface area contributed by atoms with E-state index in [1.54, 1.807) is 5.51 Å². The van der Waals surface area contributed by atoms with Crippen LogP contribution in [0.4, 0.5) is 5.13 Å². The average Bonchev–Trinajstić information content (AvgIpc) is 2.64. The molecule has 5 nitrogen and oxygen atoms in total. The molecule has 0 fully saturated rings. The lowest BCUT2D eigenvalue weighted by molar-refractivity contribution is -0.138. The molecule has 0 saturated carbocycles. The largest absolute Gasteiger partial charge is 0.481 e. The van der Waals surface area contributed by atoms with Crippen molar-refractivity contribution in [2.45, 2.75) is 26.7 Å². The van der Waals surface area contributed by atoms with Crippen molar-refractivity contribution in [3.05, 3.63) is 5.51 Å². The highest BCUT2D eigenvalue weighted by molar-refractivity contribution is 7.13. The van der Waals surface area contributed by atoms with Gasteiger partial charge in [-0.1, -0.05) is 25.2 Å². The summed E-state index contributed by atoms with van der Waals surface area (Å²) in [5.41, 5.74) is 1.65. The molecule has 1 aromatic heterocycles. The summed E-state index contributed by atoms with van der Waals surface area (Å²) in [5, 5.41) is 20.2. The maximum absolute atomic E-state index is 10.7. The van der Waals surface area contributed by atoms with Crippen LogP contribution in [0.2, 0.25) is 0 Å². The summed E-state index contributed by atoms with van der Waals surface area (Å²) in [6.45, 7) is 4.83. The lowest BCUT2D eigenvalue weighted by atomic mass is 9.94. The van der Waals surface area contributed by atoms with Gasteiger partial charge >= 0.3 is 5.97 Å². The predicted octanol–water partition coefficient (Wildman–Crippen LogP) is 2.09. The van der Waals surface area contributed by atoms with Gasteiger partial charge in [0.2, 0.25) is 5.13 Å². The maximum Gasteiger partial charge on any atom is 0.303 e. The molecule has 0 amide bonds. The smallest absolute Gasteiger partial charge is 0.303 e. The van der Waals surface area contributed by atoms with E-state index < -0.39 is 5.97 Å². The van der Waals surface area contributed by atoms with Crippen molar-refractivity contribution >= 4 is 22.4 Å². The van der Waals surface area contributed by atoms with Crippen LogP contribution < -0.4 is 5.32 Å². The molecule has 0 radical (unpaired) electrons. The van der Waals surface area contributed by atoms with Gasteiger partial charge in [-0.3, -0.25) is 4.79 Å². The standard InChI is InChI=1S/C10H17N3O2S/c1-7(2)3-8(4-9(14)15)5-11-10-13-12-6-16-10/h6-8H,3-5H2,1-2H3,(H,11,13)(H,14,15). The molecule has 0 aliphatic rings. The Hall–Kier alpha value is -1.17. The topological polar surface area (TPSA) is 75.1 Å². The van der Waals surface area contributed by atoms with Crippen molar-refractivity contribution in [2.75, 3.05) is 11.9 Å². The van der Waals surface area contributed by atoms with E-state index in [9.17, 15) is 4.79 Å². The molecule has 90 valence electrons. The highest BCUT2D eigenvalue weighted by Gasteiger charge is 2.15. The SMILES string of the molecule is CC(C)CC(CNc1nncs1)CC(=O)O. The van der Waals surface area contributed by atoms with E-state index in [1.807, 2.05) is 0 Å². The number of hydrogen-bond donors (Lipinski definition) is 2. The van der Waals surface area contributed by atoms with Gasteiger partial charge in [-0.15, -0.1) is 10.2 Å². The summed E-state index contributed by atoms with van der Waals surface area (Å²) in [4.78, 5) is 10.7. The van der Waals surface area contributed by atoms with Gasteiger partial charge in [-0.25, -0.2) is 0 Å². The van der Waals surface area contributed by atoms with E-state index in [4.69, 9.17) is 5.11 Å². The van der Waals surface area contributed by atoms with Gasteiger partial charge in [-0.2, -0.15) is 0 Å². The molecule has 16 heavy (non-hydrogen) atoms. The van der Waals surface area contributed by atoms with Gasteiger partial charge in [0.05, 0.1) is 0 Å². The van der Waals surface area contributed by atoms with Crippen LogP contribution in [-0.4, -0.2) is 27.8 Å². The van der Waals surface area contributed by atoms with Gasteiger partial charge in [0.1, 0.15) is 5.51 Å². The van der Waals surface area contributed by atoms with Gasteiger partial charge in [0.15, 0.2) is 0 Å². The molecule has 1 atom stereocenters. The van der Waals surface area contributed by atoms with Crippen molar-refractivity contribution in [2.24, 2.45) is 11.8 Å². The van der Waals surface area contributed by atoms with E-state index in [2.05, 4.69) is 29.4 Å². The van der Waals surface area contributed by atoms with Crippen LogP contribution >= 0.6 is 11.3 Å². The lowest BCUT2D eigenvalue weighted by Crippen LogP contribution is -2.19. The van der Waals surface area contributed by atoms with Crippen LogP contribution in [0.15, 0.2) is 5.51 Å². The Morgan fingerprint density at radius 1 is 1.62 bits per heavy atom. The molecule has 0 bridgehead atoms. The highest BCUT2D eigenvalue weighted by Crippen LogP contribution is 2.17. The van der Waals surface area contributed by atoms with Crippen molar-refractivity contribution < 1.29 is 9.90 Å². The van der Waals surface area contributed by atoms with Crippen LogP contribution in [-0.2, 0) is 4.79 Å². The van der Waals surface area contributed by atoms with Crippen LogP contribution in [0.5, 0.6) is 0 Å². The Kier molecular flexibility index (Phi) is 5.18. The number of carboxylic acid groups (broad SMARTS) is 1. The van der Waals surface area contributed by atoms with E-state index >= 15 is 0 Å². The van der Waals surface area contributed by atoms with E-state index in [0.29, 0.717) is 12.5 Å². The Morgan fingerprint density at radius 2 is 2.38 bits per heavy atom. The van der Waals surface area contributed by atoms with Crippen LogP contribution in [0.1, 0.15) is 26.7 Å². The first-order valence-corrected chi connectivity index (χ1v) is 6.17. The monoisotopic (exact) mass is 243 g/mol. The van der Waals surface area contributed by atoms with Crippen molar-refractivity contribution in [3.63, 3.8) is 0 Å². The molecule has 0 aliphatic heterocycles. The Balaban J connectivity index is 2.40. The van der Waals surface area contributed by atoms with E-state index in [1.165, 1.54) is 11.3 Å². The number of aliphatic carboxylic acids is 1. The van der Waals surface area contributed by atoms with E-state index in [0.717, 1.165) is 11.6 Å². The fourth-order valence-corrected chi connectivity index (χ4v) is 2.09. The van der Waals surface area contributed by atoms with Crippen LogP contribution in [0.25, 0.3) is 0 Å². The number of nitrogens with one attached hydrogen (secondary N) is 1. The quantitative estimate of drug-likeness (QED) is 0.767. The second-order valence-corrected chi connectivity index (χ2v) is 5.05. The summed E-state index contributed by atoms with van der Waals surface area (Å²) in [6.07, 6.45) is 1.10. The number of rotatable bonds is 7. The molecule has 1 aromatic rings. The van der Waals surface area contributed by atoms with Crippen molar-refractivity contribution in [1.29, 1.82) is 0 Å². The van der Waals surface area contributed by atoms with E-state index in [-0.39, 0.29) is 12.3 Å². The van der Waals surface area contributed by atoms with Gasteiger partial charge in [0.25, 0.3) is 0 Å². The molecular weight excluding hydrogens is 226 g/mol. The lowest BCUT2D eigenvalue weighted by Gasteiger charge is -2.17. The fourth-order valence-electron chi connectivity index (χ4n) is 1.63. The number of anilines is 1. The van der Waals surface area contributed by atoms with Gasteiger partial charge < -0.3 is 10.4 Å². The molecule has 0 spiro atoms. The zero-order valence-corrected chi connectivity index (χ0v) is 10.3. The maximum atomic E-state index is 10.7. The normalized spacial score (nSPS) is 12.7. The molecule has 2 N–H and O–H groups in total. The average molecular weight is 243 g/mol. The van der Waals surface area contributed by atoms with Crippen LogP contribution in [0, 0.1) is 11.8 Å². The molecule has 1 unspecified atom stereocenters. The van der Waals surface area contributed by atoms with Gasteiger partial charge in [0, 0.05) is 13.0 Å². The number of carboxylic acids is 1. The summed E-state index contributed by atoms with van der Waals surface area (Å²) in [7, 11) is 0. The molecular formula is C10H17N3O2S. The molecule has 1 rings (SSSR count). The third-order valence-corrected chi connectivity index (χ3v) is 2.82. The number of carbonyl (C=O) groups is 1. The zero-order valence-electron chi connectivity index (χ0n) is 9.51. The highest BCUT2D eigenvalue weighted by atomic mass is 32.1. The third-order valence-electron chi connectivity index (χ3n) is 2.17. The van der Waals surface area contributed by atoms with Gasteiger partial charge in [-0.05, 0) is 18.3 Å². The summed E-state index contributed by atoms with van der Waals surface area (Å²) in [5.74, 6) is -0.105.